The van der Waals surface area contributed by atoms with Crippen molar-refractivity contribution in [2.24, 2.45) is 0 Å². The van der Waals surface area contributed by atoms with Gasteiger partial charge in [0, 0.05) is 12.4 Å². The van der Waals surface area contributed by atoms with Gasteiger partial charge in [-0.1, -0.05) is 0 Å². The van der Waals surface area contributed by atoms with E-state index in [0.717, 1.165) is 10.2 Å². The number of aromatic nitrogens is 4. The monoisotopic (exact) mass is 198 g/mol. The summed E-state index contributed by atoms with van der Waals surface area (Å²) in [5, 5.41) is 0. The fourth-order valence-electron chi connectivity index (χ4n) is 0.974. The lowest BCUT2D eigenvalue weighted by Crippen LogP contribution is -2.08. The van der Waals surface area contributed by atoms with E-state index in [4.69, 9.17) is 0 Å². The van der Waals surface area contributed by atoms with Crippen LogP contribution in [0.3, 0.4) is 0 Å². The highest BCUT2D eigenvalue weighted by Crippen LogP contribution is 2.07. The molecule has 0 atom stereocenters. The van der Waals surface area contributed by atoms with Crippen LogP contribution in [0.4, 0.5) is 0 Å². The van der Waals surface area contributed by atoms with Gasteiger partial charge in [0.05, 0.1) is 6.26 Å². The van der Waals surface area contributed by atoms with Crippen LogP contribution in [0.15, 0.2) is 18.7 Å². The maximum absolute atomic E-state index is 11.2. The summed E-state index contributed by atoms with van der Waals surface area (Å²) < 4.78 is 23.3. The summed E-state index contributed by atoms with van der Waals surface area (Å²) >= 11 is 0. The Kier molecular flexibility index (Phi) is 1.56. The number of nitrogens with zero attached hydrogens (tertiary/aromatic N) is 4. The van der Waals surface area contributed by atoms with Gasteiger partial charge >= 0.3 is 0 Å². The highest BCUT2D eigenvalue weighted by atomic mass is 32.2. The van der Waals surface area contributed by atoms with Crippen LogP contribution in [0.1, 0.15) is 0 Å². The smallest absolute Gasteiger partial charge is 0.233 e. The Hall–Kier alpha value is -1.50. The van der Waals surface area contributed by atoms with Crippen molar-refractivity contribution in [1.29, 1.82) is 0 Å². The van der Waals surface area contributed by atoms with Crippen molar-refractivity contribution >= 4 is 21.3 Å². The lowest BCUT2D eigenvalue weighted by Gasteiger charge is -1.96. The van der Waals surface area contributed by atoms with Crippen LogP contribution < -0.4 is 0 Å². The minimum absolute atomic E-state index is 0.255. The summed E-state index contributed by atoms with van der Waals surface area (Å²) in [6, 6.07) is 0. The molecule has 0 saturated carbocycles. The van der Waals surface area contributed by atoms with E-state index in [1.807, 2.05) is 0 Å². The van der Waals surface area contributed by atoms with Gasteiger partial charge in [-0.2, -0.15) is 0 Å². The van der Waals surface area contributed by atoms with Gasteiger partial charge in [0.25, 0.3) is 0 Å². The molecule has 0 unspecified atom stereocenters. The van der Waals surface area contributed by atoms with E-state index in [2.05, 4.69) is 15.0 Å². The SMILES string of the molecule is CS(=O)(=O)n1cnc2nccnc21. The van der Waals surface area contributed by atoms with Gasteiger partial charge in [0.1, 0.15) is 6.33 Å². The number of fused-ring (bicyclic) bond motifs is 1. The van der Waals surface area contributed by atoms with Crippen LogP contribution in [0.5, 0.6) is 0 Å². The molecule has 7 heteroatoms. The van der Waals surface area contributed by atoms with E-state index < -0.39 is 10.0 Å². The maximum Gasteiger partial charge on any atom is 0.238 e. The second kappa shape index (κ2) is 2.49. The molecule has 2 rings (SSSR count). The summed E-state index contributed by atoms with van der Waals surface area (Å²) in [6.45, 7) is 0. The molecule has 0 saturated heterocycles. The van der Waals surface area contributed by atoms with E-state index in [1.165, 1.54) is 18.7 Å². The van der Waals surface area contributed by atoms with Crippen LogP contribution in [-0.4, -0.2) is 33.6 Å². The standard InChI is InChI=1S/C6H6N4O2S/c1-13(11,12)10-4-9-5-6(10)8-3-2-7-5/h2-4H,1H3. The predicted molar refractivity (Wildman–Crippen MR) is 45.6 cm³/mol. The summed E-state index contributed by atoms with van der Waals surface area (Å²) in [5.74, 6) is 0. The molecule has 68 valence electrons. The first-order valence-corrected chi connectivity index (χ1v) is 5.28. The summed E-state index contributed by atoms with van der Waals surface area (Å²) in [7, 11) is -3.33. The Morgan fingerprint density at radius 2 is 1.92 bits per heavy atom. The van der Waals surface area contributed by atoms with Gasteiger partial charge in [-0.25, -0.2) is 27.3 Å². The van der Waals surface area contributed by atoms with Gasteiger partial charge in [0.15, 0.2) is 11.3 Å². The van der Waals surface area contributed by atoms with Gasteiger partial charge in [0.2, 0.25) is 10.0 Å². The lowest BCUT2D eigenvalue weighted by molar-refractivity contribution is 0.594. The van der Waals surface area contributed by atoms with Crippen LogP contribution in [0.25, 0.3) is 11.3 Å². The molecule has 0 N–H and O–H groups in total. The minimum Gasteiger partial charge on any atom is -0.233 e. The zero-order valence-corrected chi connectivity index (χ0v) is 7.56. The molecule has 0 aliphatic heterocycles. The third-order valence-electron chi connectivity index (χ3n) is 1.51. The van der Waals surface area contributed by atoms with E-state index >= 15 is 0 Å². The van der Waals surface area contributed by atoms with Gasteiger partial charge < -0.3 is 0 Å². The molecule has 0 spiro atoms. The highest BCUT2D eigenvalue weighted by Gasteiger charge is 2.11. The molecule has 0 amide bonds. The molecule has 13 heavy (non-hydrogen) atoms. The fraction of sp³-hybridized carbons (Fsp3) is 0.167. The lowest BCUT2D eigenvalue weighted by atomic mass is 10.7. The Morgan fingerprint density at radius 1 is 1.23 bits per heavy atom. The summed E-state index contributed by atoms with van der Waals surface area (Å²) in [4.78, 5) is 11.5. The van der Waals surface area contributed by atoms with Gasteiger partial charge in [-0.05, 0) is 0 Å². The first-order valence-electron chi connectivity index (χ1n) is 3.43. The quantitative estimate of drug-likeness (QED) is 0.625. The first-order chi connectivity index (χ1) is 6.09. The maximum atomic E-state index is 11.2. The van der Waals surface area contributed by atoms with Crippen molar-refractivity contribution in [3.05, 3.63) is 18.7 Å². The molecule has 0 aromatic carbocycles. The van der Waals surface area contributed by atoms with Crippen LogP contribution in [0, 0.1) is 0 Å². The second-order valence-corrected chi connectivity index (χ2v) is 4.37. The number of hydrogen-bond donors (Lipinski definition) is 0. The van der Waals surface area contributed by atoms with E-state index in [0.29, 0.717) is 5.65 Å². The Bertz CT molecular complexity index is 545. The number of rotatable bonds is 1. The zero-order valence-electron chi connectivity index (χ0n) is 6.75. The Labute approximate surface area is 74.3 Å². The summed E-state index contributed by atoms with van der Waals surface area (Å²) in [6.07, 6.45) is 5.16. The molecule has 6 nitrogen and oxygen atoms in total. The first kappa shape index (κ1) is 8.11. The van der Waals surface area contributed by atoms with Crippen molar-refractivity contribution in [1.82, 2.24) is 18.9 Å². The third-order valence-corrected chi connectivity index (χ3v) is 2.49. The summed E-state index contributed by atoms with van der Waals surface area (Å²) in [5.41, 5.74) is 0.581. The Balaban J connectivity index is 2.87. The van der Waals surface area contributed by atoms with Crippen LogP contribution in [0.2, 0.25) is 0 Å². The molecule has 0 fully saturated rings. The largest absolute Gasteiger partial charge is 0.238 e. The van der Waals surface area contributed by atoms with Crippen molar-refractivity contribution in [3.8, 4) is 0 Å². The fourth-order valence-corrected chi connectivity index (χ4v) is 1.64. The number of imidazole rings is 1. The Morgan fingerprint density at radius 3 is 2.62 bits per heavy atom. The molecular formula is C6H6N4O2S. The molecule has 2 heterocycles. The van der Waals surface area contributed by atoms with E-state index in [9.17, 15) is 8.42 Å². The van der Waals surface area contributed by atoms with Crippen molar-refractivity contribution in [2.75, 3.05) is 6.26 Å². The van der Waals surface area contributed by atoms with Crippen molar-refractivity contribution < 1.29 is 8.42 Å². The number of hydrogen-bond acceptors (Lipinski definition) is 5. The normalized spacial score (nSPS) is 12.1. The molecule has 0 bridgehead atoms. The molecule has 0 aliphatic rings. The highest BCUT2D eigenvalue weighted by molar-refractivity contribution is 7.89. The van der Waals surface area contributed by atoms with E-state index in [1.54, 1.807) is 0 Å². The van der Waals surface area contributed by atoms with Gasteiger partial charge in [-0.3, -0.25) is 0 Å². The van der Waals surface area contributed by atoms with Crippen molar-refractivity contribution in [2.45, 2.75) is 0 Å². The molecule has 0 aliphatic carbocycles. The molecule has 2 aromatic heterocycles. The molecule has 2 aromatic rings. The average molecular weight is 198 g/mol. The average Bonchev–Trinajstić information content (AvgIpc) is 2.45. The minimum atomic E-state index is -3.33. The zero-order chi connectivity index (χ0) is 9.47. The second-order valence-electron chi connectivity index (χ2n) is 2.51. The van der Waals surface area contributed by atoms with Crippen molar-refractivity contribution in [3.63, 3.8) is 0 Å². The molecular weight excluding hydrogens is 192 g/mol. The topological polar surface area (TPSA) is 77.7 Å². The van der Waals surface area contributed by atoms with Crippen LogP contribution in [-0.2, 0) is 10.0 Å². The van der Waals surface area contributed by atoms with Crippen LogP contribution >= 0.6 is 0 Å². The van der Waals surface area contributed by atoms with Gasteiger partial charge in [-0.15, -0.1) is 0 Å². The molecule has 0 radical (unpaired) electrons. The predicted octanol–water partition coefficient (Wildman–Crippen LogP) is -0.366. The van der Waals surface area contributed by atoms with E-state index in [-0.39, 0.29) is 5.65 Å². The third kappa shape index (κ3) is 1.26.